The largest absolute Gasteiger partial charge is 0.370 e. The van der Waals surface area contributed by atoms with Gasteiger partial charge in [-0.3, -0.25) is 0 Å². The van der Waals surface area contributed by atoms with E-state index in [0.29, 0.717) is 0 Å². The van der Waals surface area contributed by atoms with Crippen molar-refractivity contribution in [2.24, 2.45) is 7.05 Å². The van der Waals surface area contributed by atoms with Gasteiger partial charge < -0.3 is 9.88 Å². The Hall–Kier alpha value is -1.63. The minimum absolute atomic E-state index is 0.758. The SMILES string of the molecule is CCCNc1nc(C)nc(Sc2nncn2C)c1C. The first kappa shape index (κ1) is 13.8. The van der Waals surface area contributed by atoms with Gasteiger partial charge in [0, 0.05) is 19.2 Å². The maximum Gasteiger partial charge on any atom is 0.197 e. The Morgan fingerprint density at radius 1 is 1.32 bits per heavy atom. The van der Waals surface area contributed by atoms with Crippen molar-refractivity contribution in [1.29, 1.82) is 0 Å². The van der Waals surface area contributed by atoms with Gasteiger partial charge in [0.1, 0.15) is 23.0 Å². The Morgan fingerprint density at radius 3 is 2.74 bits per heavy atom. The van der Waals surface area contributed by atoms with E-state index < -0.39 is 0 Å². The van der Waals surface area contributed by atoms with Crippen molar-refractivity contribution in [3.8, 4) is 0 Å². The molecule has 0 unspecified atom stereocenters. The smallest absolute Gasteiger partial charge is 0.197 e. The Morgan fingerprint density at radius 2 is 2.11 bits per heavy atom. The van der Waals surface area contributed by atoms with E-state index in [1.165, 1.54) is 11.8 Å². The van der Waals surface area contributed by atoms with Gasteiger partial charge >= 0.3 is 0 Å². The van der Waals surface area contributed by atoms with Gasteiger partial charge in [0.25, 0.3) is 0 Å². The van der Waals surface area contributed by atoms with Crippen LogP contribution in [0.25, 0.3) is 0 Å². The quantitative estimate of drug-likeness (QED) is 0.846. The van der Waals surface area contributed by atoms with Crippen LogP contribution in [0, 0.1) is 13.8 Å². The average Bonchev–Trinajstić information content (AvgIpc) is 2.77. The third kappa shape index (κ3) is 3.23. The summed E-state index contributed by atoms with van der Waals surface area (Å²) in [5.74, 6) is 1.66. The Balaban J connectivity index is 2.29. The van der Waals surface area contributed by atoms with Gasteiger partial charge in [-0.15, -0.1) is 10.2 Å². The second-order valence-corrected chi connectivity index (χ2v) is 5.26. The van der Waals surface area contributed by atoms with E-state index >= 15 is 0 Å². The fourth-order valence-electron chi connectivity index (χ4n) is 1.57. The summed E-state index contributed by atoms with van der Waals surface area (Å²) in [6, 6.07) is 0. The summed E-state index contributed by atoms with van der Waals surface area (Å²) < 4.78 is 1.88. The summed E-state index contributed by atoms with van der Waals surface area (Å²) in [6.07, 6.45) is 2.75. The lowest BCUT2D eigenvalue weighted by atomic mass is 10.3. The number of rotatable bonds is 5. The summed E-state index contributed by atoms with van der Waals surface area (Å²) in [7, 11) is 1.92. The van der Waals surface area contributed by atoms with E-state index in [0.717, 1.165) is 40.4 Å². The molecule has 0 aliphatic heterocycles. The van der Waals surface area contributed by atoms with Crippen molar-refractivity contribution < 1.29 is 0 Å². The minimum atomic E-state index is 0.758. The fraction of sp³-hybridized carbons (Fsp3) is 0.500. The molecular formula is C12H18N6S. The number of aryl methyl sites for hydroxylation is 2. The summed E-state index contributed by atoms with van der Waals surface area (Å²) in [4.78, 5) is 8.93. The molecule has 1 N–H and O–H groups in total. The molecule has 0 saturated carbocycles. The van der Waals surface area contributed by atoms with E-state index in [9.17, 15) is 0 Å². The van der Waals surface area contributed by atoms with Crippen molar-refractivity contribution in [1.82, 2.24) is 24.7 Å². The highest BCUT2D eigenvalue weighted by Crippen LogP contribution is 2.29. The van der Waals surface area contributed by atoms with E-state index in [4.69, 9.17) is 0 Å². The normalized spacial score (nSPS) is 10.7. The van der Waals surface area contributed by atoms with Crippen LogP contribution in [0.5, 0.6) is 0 Å². The van der Waals surface area contributed by atoms with Crippen molar-refractivity contribution in [2.45, 2.75) is 37.4 Å². The molecule has 102 valence electrons. The van der Waals surface area contributed by atoms with Gasteiger partial charge in [-0.25, -0.2) is 9.97 Å². The van der Waals surface area contributed by atoms with Crippen LogP contribution in [-0.4, -0.2) is 31.3 Å². The average molecular weight is 278 g/mol. The van der Waals surface area contributed by atoms with E-state index in [-0.39, 0.29) is 0 Å². The van der Waals surface area contributed by atoms with Gasteiger partial charge in [0.2, 0.25) is 0 Å². The molecule has 0 fully saturated rings. The van der Waals surface area contributed by atoms with Gasteiger partial charge in [-0.1, -0.05) is 6.92 Å². The lowest BCUT2D eigenvalue weighted by molar-refractivity contribution is 0.785. The van der Waals surface area contributed by atoms with Gasteiger partial charge in [-0.05, 0) is 32.0 Å². The molecule has 0 atom stereocenters. The summed E-state index contributed by atoms with van der Waals surface area (Å²) in [5.41, 5.74) is 1.05. The molecule has 0 radical (unpaired) electrons. The molecule has 0 amide bonds. The molecule has 7 heteroatoms. The van der Waals surface area contributed by atoms with Crippen LogP contribution in [0.2, 0.25) is 0 Å². The van der Waals surface area contributed by atoms with Crippen molar-refractivity contribution in [2.75, 3.05) is 11.9 Å². The van der Waals surface area contributed by atoms with E-state index in [2.05, 4.69) is 32.4 Å². The monoisotopic (exact) mass is 278 g/mol. The molecule has 2 heterocycles. The third-order valence-corrected chi connectivity index (χ3v) is 3.76. The molecule has 6 nitrogen and oxygen atoms in total. The van der Waals surface area contributed by atoms with Gasteiger partial charge in [-0.2, -0.15) is 0 Å². The zero-order chi connectivity index (χ0) is 13.8. The highest BCUT2D eigenvalue weighted by Gasteiger charge is 2.12. The molecule has 0 aliphatic rings. The maximum absolute atomic E-state index is 4.49. The molecule has 0 aliphatic carbocycles. The lowest BCUT2D eigenvalue weighted by Crippen LogP contribution is -2.07. The topological polar surface area (TPSA) is 68.5 Å². The zero-order valence-corrected chi connectivity index (χ0v) is 12.5. The predicted octanol–water partition coefficient (Wildman–Crippen LogP) is 2.20. The van der Waals surface area contributed by atoms with Gasteiger partial charge in [0.05, 0.1) is 0 Å². The van der Waals surface area contributed by atoms with Crippen LogP contribution in [-0.2, 0) is 7.05 Å². The first-order valence-electron chi connectivity index (χ1n) is 6.22. The molecule has 0 spiro atoms. The summed E-state index contributed by atoms with van der Waals surface area (Å²) in [5, 5.41) is 13.0. The Labute approximate surface area is 117 Å². The van der Waals surface area contributed by atoms with Crippen LogP contribution in [0.1, 0.15) is 24.7 Å². The van der Waals surface area contributed by atoms with Crippen LogP contribution in [0.15, 0.2) is 16.5 Å². The second kappa shape index (κ2) is 6.01. The molecule has 19 heavy (non-hydrogen) atoms. The van der Waals surface area contributed by atoms with E-state index in [1.54, 1.807) is 6.33 Å². The molecule has 0 aromatic carbocycles. The van der Waals surface area contributed by atoms with E-state index in [1.807, 2.05) is 25.5 Å². The highest BCUT2D eigenvalue weighted by molar-refractivity contribution is 7.99. The number of hydrogen-bond donors (Lipinski definition) is 1. The number of nitrogens with zero attached hydrogens (tertiary/aromatic N) is 5. The molecule has 0 saturated heterocycles. The van der Waals surface area contributed by atoms with Crippen molar-refractivity contribution in [3.63, 3.8) is 0 Å². The predicted molar refractivity (Wildman–Crippen MR) is 75.4 cm³/mol. The fourth-order valence-corrected chi connectivity index (χ4v) is 2.45. The number of hydrogen-bond acceptors (Lipinski definition) is 6. The minimum Gasteiger partial charge on any atom is -0.370 e. The number of anilines is 1. The number of aromatic nitrogens is 5. The Bertz CT molecular complexity index is 565. The second-order valence-electron chi connectivity index (χ2n) is 4.30. The van der Waals surface area contributed by atoms with Crippen LogP contribution < -0.4 is 5.32 Å². The standard InChI is InChI=1S/C12H18N6S/c1-5-6-13-10-8(2)11(16-9(3)15-10)19-12-17-14-7-18(12)4/h7H,5-6H2,1-4H3,(H,13,15,16). The maximum atomic E-state index is 4.49. The molecule has 2 rings (SSSR count). The zero-order valence-electron chi connectivity index (χ0n) is 11.6. The molecule has 0 bridgehead atoms. The third-order valence-electron chi connectivity index (χ3n) is 2.61. The summed E-state index contributed by atoms with van der Waals surface area (Å²) in [6.45, 7) is 6.96. The van der Waals surface area contributed by atoms with Crippen LogP contribution in [0.3, 0.4) is 0 Å². The lowest BCUT2D eigenvalue weighted by Gasteiger charge is -2.11. The number of nitrogens with one attached hydrogen (secondary N) is 1. The first-order valence-corrected chi connectivity index (χ1v) is 7.04. The van der Waals surface area contributed by atoms with Gasteiger partial charge in [0.15, 0.2) is 5.16 Å². The highest BCUT2D eigenvalue weighted by atomic mass is 32.2. The Kier molecular flexibility index (Phi) is 4.36. The summed E-state index contributed by atoms with van der Waals surface area (Å²) >= 11 is 1.51. The van der Waals surface area contributed by atoms with Crippen LogP contribution in [0.4, 0.5) is 5.82 Å². The molecule has 2 aromatic rings. The first-order chi connectivity index (χ1) is 9.11. The van der Waals surface area contributed by atoms with Crippen molar-refractivity contribution in [3.05, 3.63) is 17.7 Å². The molecule has 2 aromatic heterocycles. The van der Waals surface area contributed by atoms with Crippen LogP contribution >= 0.6 is 11.8 Å². The van der Waals surface area contributed by atoms with Crippen molar-refractivity contribution >= 4 is 17.6 Å². The molecular weight excluding hydrogens is 260 g/mol.